The predicted molar refractivity (Wildman–Crippen MR) is 73.8 cm³/mol. The highest BCUT2D eigenvalue weighted by molar-refractivity contribution is 9.10. The Morgan fingerprint density at radius 1 is 1.58 bits per heavy atom. The van der Waals surface area contributed by atoms with Crippen molar-refractivity contribution >= 4 is 41.6 Å². The molecule has 5 nitrogen and oxygen atoms in total. The van der Waals surface area contributed by atoms with Crippen LogP contribution in [-0.2, 0) is 9.05 Å². The molecule has 19 heavy (non-hydrogen) atoms. The fraction of sp³-hybridized carbons (Fsp3) is 0.545. The molecular formula is C11H13BrClNO4S. The lowest BCUT2D eigenvalue weighted by atomic mass is 10.3. The van der Waals surface area contributed by atoms with E-state index in [2.05, 4.69) is 15.9 Å². The summed E-state index contributed by atoms with van der Waals surface area (Å²) in [6, 6.07) is 1.41. The van der Waals surface area contributed by atoms with E-state index < -0.39 is 9.05 Å². The number of furan rings is 1. The zero-order valence-corrected chi connectivity index (χ0v) is 13.4. The van der Waals surface area contributed by atoms with Crippen LogP contribution in [0.1, 0.15) is 36.7 Å². The maximum absolute atomic E-state index is 12.3. The van der Waals surface area contributed by atoms with Gasteiger partial charge in [0.15, 0.2) is 10.4 Å². The van der Waals surface area contributed by atoms with Crippen LogP contribution in [0.25, 0.3) is 0 Å². The van der Waals surface area contributed by atoms with Gasteiger partial charge in [-0.3, -0.25) is 4.79 Å². The van der Waals surface area contributed by atoms with E-state index in [9.17, 15) is 13.2 Å². The summed E-state index contributed by atoms with van der Waals surface area (Å²) in [6.45, 7) is 2.61. The van der Waals surface area contributed by atoms with Gasteiger partial charge in [0.05, 0.1) is 0 Å². The SMILES string of the molecule is CCCN(C(=O)c1cc(S(=O)(=O)Cl)c(Br)o1)C1CC1. The first-order valence-corrected chi connectivity index (χ1v) is 8.99. The Balaban J connectivity index is 2.28. The quantitative estimate of drug-likeness (QED) is 0.747. The second-order valence-corrected chi connectivity index (χ2v) is 7.67. The molecule has 0 N–H and O–H groups in total. The minimum Gasteiger partial charge on any atom is -0.443 e. The Labute approximate surface area is 124 Å². The molecule has 0 aromatic carbocycles. The van der Waals surface area contributed by atoms with Crippen LogP contribution in [0, 0.1) is 0 Å². The molecule has 8 heteroatoms. The van der Waals surface area contributed by atoms with Gasteiger partial charge in [-0.15, -0.1) is 0 Å². The van der Waals surface area contributed by atoms with Crippen molar-refractivity contribution in [2.75, 3.05) is 6.54 Å². The first-order valence-electron chi connectivity index (χ1n) is 5.89. The topological polar surface area (TPSA) is 67.6 Å². The molecule has 0 radical (unpaired) electrons. The molecule has 0 bridgehead atoms. The van der Waals surface area contributed by atoms with Crippen LogP contribution in [0.4, 0.5) is 0 Å². The molecular weight excluding hydrogens is 358 g/mol. The molecule has 0 saturated heterocycles. The Hall–Kier alpha value is -0.530. The Bertz CT molecular complexity index is 594. The summed E-state index contributed by atoms with van der Waals surface area (Å²) < 4.78 is 27.7. The number of hydrogen-bond acceptors (Lipinski definition) is 4. The van der Waals surface area contributed by atoms with E-state index in [1.54, 1.807) is 4.90 Å². The maximum Gasteiger partial charge on any atom is 0.289 e. The Kier molecular flexibility index (Phi) is 4.27. The second-order valence-electron chi connectivity index (χ2n) is 4.42. The van der Waals surface area contributed by atoms with Crippen LogP contribution in [0.5, 0.6) is 0 Å². The maximum atomic E-state index is 12.3. The Morgan fingerprint density at radius 2 is 2.21 bits per heavy atom. The van der Waals surface area contributed by atoms with Crippen LogP contribution in [0.3, 0.4) is 0 Å². The number of rotatable bonds is 5. The van der Waals surface area contributed by atoms with E-state index in [1.807, 2.05) is 6.92 Å². The van der Waals surface area contributed by atoms with Gasteiger partial charge in [-0.25, -0.2) is 8.42 Å². The smallest absolute Gasteiger partial charge is 0.289 e. The van der Waals surface area contributed by atoms with E-state index >= 15 is 0 Å². The molecule has 1 fully saturated rings. The molecule has 1 aliphatic rings. The number of nitrogens with zero attached hydrogens (tertiary/aromatic N) is 1. The minimum absolute atomic E-state index is 0.00792. The van der Waals surface area contributed by atoms with Gasteiger partial charge in [0.2, 0.25) is 0 Å². The molecule has 1 amide bonds. The molecule has 0 aliphatic heterocycles. The normalized spacial score (nSPS) is 15.5. The van der Waals surface area contributed by atoms with Gasteiger partial charge in [-0.1, -0.05) is 6.92 Å². The van der Waals surface area contributed by atoms with Crippen LogP contribution in [0.2, 0.25) is 0 Å². The van der Waals surface area contributed by atoms with Crippen molar-refractivity contribution in [2.24, 2.45) is 0 Å². The zero-order chi connectivity index (χ0) is 14.2. The average molecular weight is 371 g/mol. The van der Waals surface area contributed by atoms with Crippen LogP contribution >= 0.6 is 26.6 Å². The standard InChI is InChI=1S/C11H13BrClNO4S/c1-2-5-14(7-3-4-7)11(15)8-6-9(10(12)18-8)19(13,16)17/h6-7H,2-5H2,1H3. The van der Waals surface area contributed by atoms with E-state index in [1.165, 1.54) is 6.07 Å². The summed E-state index contributed by atoms with van der Waals surface area (Å²) in [5.41, 5.74) is 0. The first-order chi connectivity index (χ1) is 8.84. The van der Waals surface area contributed by atoms with Gasteiger partial charge in [-0.05, 0) is 35.2 Å². The van der Waals surface area contributed by atoms with Gasteiger partial charge in [0.25, 0.3) is 15.0 Å². The third-order valence-corrected chi connectivity index (χ3v) is 5.02. The third-order valence-electron chi connectivity index (χ3n) is 2.84. The molecule has 1 aliphatic carbocycles. The second kappa shape index (κ2) is 5.46. The minimum atomic E-state index is -3.93. The average Bonchev–Trinajstić information content (AvgIpc) is 3.06. The van der Waals surface area contributed by atoms with Crippen LogP contribution in [-0.4, -0.2) is 31.8 Å². The number of amides is 1. The molecule has 2 rings (SSSR count). The summed E-state index contributed by atoms with van der Waals surface area (Å²) in [5.74, 6) is -0.303. The molecule has 0 spiro atoms. The van der Waals surface area contributed by atoms with Crippen molar-refractivity contribution in [3.8, 4) is 0 Å². The highest BCUT2D eigenvalue weighted by Gasteiger charge is 2.34. The molecule has 0 atom stereocenters. The van der Waals surface area contributed by atoms with Gasteiger partial charge < -0.3 is 9.32 Å². The molecule has 1 heterocycles. The summed E-state index contributed by atoms with van der Waals surface area (Å²) >= 11 is 2.96. The lowest BCUT2D eigenvalue weighted by molar-refractivity contribution is 0.0709. The van der Waals surface area contributed by atoms with Crippen LogP contribution in [0.15, 0.2) is 20.0 Å². The lowest BCUT2D eigenvalue weighted by Crippen LogP contribution is -2.33. The number of carbonyl (C=O) groups is 1. The summed E-state index contributed by atoms with van der Waals surface area (Å²) in [7, 11) is 1.33. The summed E-state index contributed by atoms with van der Waals surface area (Å²) in [4.78, 5) is 13.8. The van der Waals surface area contributed by atoms with Crippen molar-refractivity contribution in [3.05, 3.63) is 16.5 Å². The molecule has 1 aromatic rings. The van der Waals surface area contributed by atoms with Crippen molar-refractivity contribution < 1.29 is 17.6 Å². The Morgan fingerprint density at radius 3 is 2.63 bits per heavy atom. The van der Waals surface area contributed by atoms with E-state index in [0.717, 1.165) is 19.3 Å². The molecule has 106 valence electrons. The molecule has 0 unspecified atom stereocenters. The molecule has 1 aromatic heterocycles. The number of halogens is 2. The number of carbonyl (C=O) groups excluding carboxylic acids is 1. The highest BCUT2D eigenvalue weighted by atomic mass is 79.9. The van der Waals surface area contributed by atoms with Crippen molar-refractivity contribution in [2.45, 2.75) is 37.1 Å². The zero-order valence-electron chi connectivity index (χ0n) is 10.2. The van der Waals surface area contributed by atoms with Gasteiger partial charge >= 0.3 is 0 Å². The van der Waals surface area contributed by atoms with Crippen molar-refractivity contribution in [3.63, 3.8) is 0 Å². The van der Waals surface area contributed by atoms with Crippen molar-refractivity contribution in [1.82, 2.24) is 4.90 Å². The lowest BCUT2D eigenvalue weighted by Gasteiger charge is -2.20. The fourth-order valence-electron chi connectivity index (χ4n) is 1.84. The molecule has 1 saturated carbocycles. The van der Waals surface area contributed by atoms with Gasteiger partial charge in [0.1, 0.15) is 4.90 Å². The van der Waals surface area contributed by atoms with Gasteiger partial charge in [0, 0.05) is 29.3 Å². The third kappa shape index (κ3) is 3.32. The van der Waals surface area contributed by atoms with Crippen LogP contribution < -0.4 is 0 Å². The van der Waals surface area contributed by atoms with Gasteiger partial charge in [-0.2, -0.15) is 0 Å². The highest BCUT2D eigenvalue weighted by Crippen LogP contribution is 2.32. The fourth-order valence-corrected chi connectivity index (χ4v) is 3.88. The first kappa shape index (κ1) is 14.9. The van der Waals surface area contributed by atoms with E-state index in [4.69, 9.17) is 15.1 Å². The summed E-state index contributed by atoms with van der Waals surface area (Å²) in [6.07, 6.45) is 2.80. The van der Waals surface area contributed by atoms with Crippen molar-refractivity contribution in [1.29, 1.82) is 0 Å². The number of hydrogen-bond donors (Lipinski definition) is 0. The largest absolute Gasteiger partial charge is 0.443 e. The van der Waals surface area contributed by atoms with E-state index in [0.29, 0.717) is 6.54 Å². The van der Waals surface area contributed by atoms with E-state index in [-0.39, 0.29) is 27.3 Å². The predicted octanol–water partition coefficient (Wildman–Crippen LogP) is 2.98. The monoisotopic (exact) mass is 369 g/mol. The summed E-state index contributed by atoms with van der Waals surface area (Å²) in [5, 5.41) is 0.